The van der Waals surface area contributed by atoms with Crippen LogP contribution in [-0.2, 0) is 47.7 Å². The first-order valence-electron chi connectivity index (χ1n) is 26.3. The Morgan fingerprint density at radius 2 is 1.70 bits per heavy atom. The second-order valence-electron chi connectivity index (χ2n) is 20.3. The highest BCUT2D eigenvalue weighted by Crippen LogP contribution is 2.39. The minimum atomic E-state index is -2.80. The molecule has 1 aliphatic carbocycles. The van der Waals surface area contributed by atoms with E-state index < -0.39 is 84.8 Å². The molecular weight excluding hydrogens is 887 g/mol. The topological polar surface area (TPSA) is 219 Å². The van der Waals surface area contributed by atoms with E-state index in [2.05, 4.69) is 15.5 Å². The zero-order valence-corrected chi connectivity index (χ0v) is 42.0. The molecule has 3 unspecified atom stereocenters. The molecule has 1 aromatic heterocycles. The molecule has 3 fully saturated rings. The van der Waals surface area contributed by atoms with Gasteiger partial charge in [0.1, 0.15) is 36.5 Å². The van der Waals surface area contributed by atoms with Crippen LogP contribution in [0.3, 0.4) is 0 Å². The first-order chi connectivity index (χ1) is 34.0. The van der Waals surface area contributed by atoms with Crippen LogP contribution in [-0.4, -0.2) is 141 Å². The standard InChI is InChI=1S/C52H79N5O12/c1-31-16-12-11-13-17-32(2)43(65-8)28-39-21-19-37(7)52(64,69-39)49(61)50(62)56-23-15-14-18-41(56)51(63)68-44(34(4)26-38-20-22-40(45(27-38)66-9)57-30-53-54-55-57)29-42(58)33(3)25-36(6)47(60)48(67-10)46(59)35(5)24-31/h11-13,16-17,25,30-31,33-35,37-41,43-45,47-48,60,64H,14-15,18-24,26-29H2,1-10H3/b13-11+,16-12+,32-17-,36-25-/t31-,33-,34-,35-,37-,38+,39+,40-,41+,43?,44?,45-,47-,48?,52-/m0/s1/i8D3. The normalized spacial score (nSPS) is 39.6. The number of Topliss-reactive ketones (excluding diaryl/α,β-unsaturated/α-hetero) is 3. The lowest BCUT2D eigenvalue weighted by Crippen LogP contribution is -2.61. The number of allylic oxidation sites excluding steroid dienone is 6. The van der Waals surface area contributed by atoms with E-state index in [1.54, 1.807) is 77.0 Å². The van der Waals surface area contributed by atoms with Gasteiger partial charge in [0.2, 0.25) is 5.79 Å². The zero-order valence-electron chi connectivity index (χ0n) is 45.0. The summed E-state index contributed by atoms with van der Waals surface area (Å²) in [7, 11) is 0.196. The van der Waals surface area contributed by atoms with Crippen LogP contribution < -0.4 is 0 Å². The van der Waals surface area contributed by atoms with Gasteiger partial charge in [-0.1, -0.05) is 71.1 Å². The number of tetrazole rings is 1. The van der Waals surface area contributed by atoms with Gasteiger partial charge in [-0.25, -0.2) is 9.48 Å². The van der Waals surface area contributed by atoms with Gasteiger partial charge in [-0.3, -0.25) is 19.2 Å². The first kappa shape index (κ1) is 51.1. The molecule has 2 saturated heterocycles. The minimum absolute atomic E-state index is 0.0214. The molecule has 5 rings (SSSR count). The number of esters is 1. The molecule has 384 valence electrons. The van der Waals surface area contributed by atoms with Crippen molar-refractivity contribution in [2.45, 2.75) is 180 Å². The number of piperidine rings is 1. The number of hydrogen-bond donors (Lipinski definition) is 2. The summed E-state index contributed by atoms with van der Waals surface area (Å²) in [5.41, 5.74) is 0.886. The number of aliphatic hydroxyl groups excluding tert-OH is 1. The average molecular weight is 969 g/mol. The minimum Gasteiger partial charge on any atom is -0.460 e. The summed E-state index contributed by atoms with van der Waals surface area (Å²) in [5.74, 6) is -8.78. The number of rotatable bonds is 7. The van der Waals surface area contributed by atoms with Crippen LogP contribution in [0, 0.1) is 35.5 Å². The van der Waals surface area contributed by atoms with Crippen molar-refractivity contribution < 1.29 is 62.0 Å². The molecule has 1 amide bonds. The number of ketones is 3. The van der Waals surface area contributed by atoms with E-state index in [-0.39, 0.29) is 73.7 Å². The van der Waals surface area contributed by atoms with Crippen LogP contribution in [0.4, 0.5) is 0 Å². The Morgan fingerprint density at radius 3 is 2.39 bits per heavy atom. The number of amides is 1. The highest BCUT2D eigenvalue weighted by Gasteiger charge is 2.53. The maximum Gasteiger partial charge on any atom is 0.329 e. The number of ether oxygens (including phenoxy) is 5. The molecule has 2 bridgehead atoms. The summed E-state index contributed by atoms with van der Waals surface area (Å²) < 4.78 is 54.8. The Bertz CT molecular complexity index is 2130. The SMILES string of the molecule is [2H]C([2H])([2H])OC1C[C@H]2CC[C@H](C)[C@](O)(O2)C(=O)C(=O)N2CCCC[C@@H]2C(=O)OC([C@@H](C)C[C@H]2CC[C@H](n3cnnn3)[C@@H](OC)C2)CC(=O)[C@@H](C)/C=C(/C)[C@H](O)C(OC)C(=O)[C@@H](C)C[C@@H](C)/C=C/C=C/C=C\1C. The summed E-state index contributed by atoms with van der Waals surface area (Å²) in [4.78, 5) is 72.5. The Hall–Kier alpha value is -4.26. The third kappa shape index (κ3) is 14.2. The van der Waals surface area contributed by atoms with Crippen molar-refractivity contribution in [3.63, 3.8) is 0 Å². The summed E-state index contributed by atoms with van der Waals surface area (Å²) in [6.45, 7) is 12.3. The van der Waals surface area contributed by atoms with Crippen molar-refractivity contribution in [2.24, 2.45) is 35.5 Å². The predicted molar refractivity (Wildman–Crippen MR) is 256 cm³/mol. The Balaban J connectivity index is 1.48. The van der Waals surface area contributed by atoms with Crippen molar-refractivity contribution in [3.05, 3.63) is 53.9 Å². The number of hydrogen-bond acceptors (Lipinski definition) is 15. The number of aromatic nitrogens is 4. The molecule has 69 heavy (non-hydrogen) atoms. The van der Waals surface area contributed by atoms with Crippen molar-refractivity contribution in [2.75, 3.05) is 27.8 Å². The molecule has 0 aromatic carbocycles. The first-order valence-corrected chi connectivity index (χ1v) is 24.8. The lowest BCUT2D eigenvalue weighted by Gasteiger charge is -2.42. The molecule has 17 nitrogen and oxygen atoms in total. The van der Waals surface area contributed by atoms with Crippen LogP contribution in [0.2, 0.25) is 0 Å². The van der Waals surface area contributed by atoms with Gasteiger partial charge in [-0.15, -0.1) is 5.10 Å². The molecule has 3 aliphatic heterocycles. The maximum absolute atomic E-state index is 14.5. The number of carbonyl (C=O) groups is 5. The fraction of sp³-hybridized carbons (Fsp3) is 0.731. The van der Waals surface area contributed by atoms with Gasteiger partial charge in [0, 0.05) is 58.4 Å². The monoisotopic (exact) mass is 969 g/mol. The number of nitrogens with zero attached hydrogens (tertiary/aromatic N) is 5. The van der Waals surface area contributed by atoms with E-state index >= 15 is 0 Å². The summed E-state index contributed by atoms with van der Waals surface area (Å²) in [5, 5.41) is 35.2. The average Bonchev–Trinajstić information content (AvgIpc) is 3.88. The van der Waals surface area contributed by atoms with Crippen LogP contribution in [0.25, 0.3) is 0 Å². The number of carbonyl (C=O) groups excluding carboxylic acids is 5. The third-order valence-electron chi connectivity index (χ3n) is 15.0. The van der Waals surface area contributed by atoms with Crippen molar-refractivity contribution in [3.8, 4) is 0 Å². The lowest BCUT2D eigenvalue weighted by atomic mass is 9.77. The second-order valence-corrected chi connectivity index (χ2v) is 20.3. The fourth-order valence-corrected chi connectivity index (χ4v) is 10.6. The zero-order chi connectivity index (χ0) is 53.1. The van der Waals surface area contributed by atoms with Crippen molar-refractivity contribution in [1.29, 1.82) is 0 Å². The van der Waals surface area contributed by atoms with Gasteiger partial charge in [-0.05, 0) is 117 Å². The number of aliphatic hydroxyl groups is 2. The van der Waals surface area contributed by atoms with Gasteiger partial charge in [0.25, 0.3) is 11.7 Å². The van der Waals surface area contributed by atoms with Gasteiger partial charge in [0.15, 0.2) is 5.78 Å². The molecule has 1 saturated carbocycles. The molecule has 0 radical (unpaired) electrons. The van der Waals surface area contributed by atoms with Crippen LogP contribution in [0.5, 0.6) is 0 Å². The molecule has 4 aliphatic rings. The third-order valence-corrected chi connectivity index (χ3v) is 15.0. The summed E-state index contributed by atoms with van der Waals surface area (Å²) >= 11 is 0. The smallest absolute Gasteiger partial charge is 0.329 e. The second kappa shape index (κ2) is 25.7. The summed E-state index contributed by atoms with van der Waals surface area (Å²) in [6.07, 6.45) is 11.1. The number of cyclic esters (lactones) is 1. The van der Waals surface area contributed by atoms with Crippen LogP contribution in [0.1, 0.15) is 136 Å². The Morgan fingerprint density at radius 1 is 0.928 bits per heavy atom. The van der Waals surface area contributed by atoms with Crippen molar-refractivity contribution >= 4 is 29.2 Å². The largest absolute Gasteiger partial charge is 0.460 e. The molecule has 17 heteroatoms. The number of methoxy groups -OCH3 is 3. The van der Waals surface area contributed by atoms with E-state index in [1.807, 2.05) is 26.0 Å². The highest BCUT2D eigenvalue weighted by molar-refractivity contribution is 6.39. The van der Waals surface area contributed by atoms with Crippen molar-refractivity contribution in [1.82, 2.24) is 25.1 Å². The summed E-state index contributed by atoms with van der Waals surface area (Å²) in [6, 6.07) is -1.29. The van der Waals surface area contributed by atoms with E-state index in [0.29, 0.717) is 49.7 Å². The predicted octanol–water partition coefficient (Wildman–Crippen LogP) is 6.05. The highest BCUT2D eigenvalue weighted by atomic mass is 16.6. The van der Waals surface area contributed by atoms with Crippen LogP contribution >= 0.6 is 0 Å². The van der Waals surface area contributed by atoms with Gasteiger partial charge in [-0.2, -0.15) is 0 Å². The Kier molecular flexibility index (Phi) is 19.1. The molecule has 1 aromatic rings. The fourth-order valence-electron chi connectivity index (χ4n) is 10.6. The molecule has 0 spiro atoms. The lowest BCUT2D eigenvalue weighted by molar-refractivity contribution is -0.265. The molecular formula is C52H79N5O12. The van der Waals surface area contributed by atoms with Gasteiger partial charge >= 0.3 is 5.97 Å². The number of fused-ring (bicyclic) bond motifs is 3. The van der Waals surface area contributed by atoms with Crippen LogP contribution in [0.15, 0.2) is 53.9 Å². The van der Waals surface area contributed by atoms with E-state index in [9.17, 15) is 34.2 Å². The Labute approximate surface area is 412 Å². The molecule has 15 atom stereocenters. The maximum atomic E-state index is 14.5. The van der Waals surface area contributed by atoms with E-state index in [4.69, 9.17) is 27.8 Å². The molecule has 4 heterocycles. The van der Waals surface area contributed by atoms with E-state index in [1.165, 1.54) is 7.11 Å². The quantitative estimate of drug-likeness (QED) is 0.181. The van der Waals surface area contributed by atoms with Gasteiger partial charge < -0.3 is 38.8 Å². The van der Waals surface area contributed by atoms with Gasteiger partial charge in [0.05, 0.1) is 28.5 Å². The molecule has 2 N–H and O–H groups in total. The van der Waals surface area contributed by atoms with E-state index in [0.717, 1.165) is 17.7 Å².